The standard InChI is InChI=1S/C9H19N3O2S.HI/c1-3-6-11-8(10)12-7-9(4-5-9)15(2,13)14;/h3-7H2,1-2H3,(H3,10,11,12);1H. The van der Waals surface area contributed by atoms with Gasteiger partial charge in [-0.1, -0.05) is 6.92 Å². The van der Waals surface area contributed by atoms with Gasteiger partial charge in [0.1, 0.15) is 0 Å². The molecule has 0 bridgehead atoms. The number of hydrogen-bond donors (Lipinski definition) is 2. The lowest BCUT2D eigenvalue weighted by Gasteiger charge is -2.10. The Morgan fingerprint density at radius 2 is 2.06 bits per heavy atom. The maximum atomic E-state index is 11.4. The van der Waals surface area contributed by atoms with E-state index in [1.54, 1.807) is 0 Å². The van der Waals surface area contributed by atoms with Crippen LogP contribution >= 0.6 is 24.0 Å². The number of nitrogens with zero attached hydrogens (tertiary/aromatic N) is 1. The average molecular weight is 361 g/mol. The monoisotopic (exact) mass is 361 g/mol. The highest BCUT2D eigenvalue weighted by Gasteiger charge is 2.51. The van der Waals surface area contributed by atoms with Crippen molar-refractivity contribution in [2.75, 3.05) is 19.3 Å². The van der Waals surface area contributed by atoms with E-state index in [-0.39, 0.29) is 30.5 Å². The fourth-order valence-electron chi connectivity index (χ4n) is 1.32. The summed E-state index contributed by atoms with van der Waals surface area (Å²) in [5.74, 6) is 0.340. The molecule has 0 spiro atoms. The van der Waals surface area contributed by atoms with Crippen molar-refractivity contribution in [3.8, 4) is 0 Å². The minimum absolute atomic E-state index is 0. The highest BCUT2D eigenvalue weighted by atomic mass is 127. The molecule has 0 saturated heterocycles. The second kappa shape index (κ2) is 6.04. The van der Waals surface area contributed by atoms with Gasteiger partial charge in [-0.3, -0.25) is 4.99 Å². The number of hydrogen-bond acceptors (Lipinski definition) is 3. The third-order valence-corrected chi connectivity index (χ3v) is 4.80. The Kier molecular flexibility index (Phi) is 6.02. The van der Waals surface area contributed by atoms with E-state index >= 15 is 0 Å². The third kappa shape index (κ3) is 4.08. The second-order valence-corrected chi connectivity index (χ2v) is 6.49. The van der Waals surface area contributed by atoms with Gasteiger partial charge in [0.15, 0.2) is 15.8 Å². The van der Waals surface area contributed by atoms with Gasteiger partial charge in [-0.05, 0) is 19.3 Å². The maximum Gasteiger partial charge on any atom is 0.188 e. The van der Waals surface area contributed by atoms with Gasteiger partial charge in [0, 0.05) is 12.8 Å². The van der Waals surface area contributed by atoms with Crippen LogP contribution in [-0.4, -0.2) is 38.5 Å². The number of nitrogens with two attached hydrogens (primary N) is 1. The van der Waals surface area contributed by atoms with E-state index in [9.17, 15) is 8.42 Å². The smallest absolute Gasteiger partial charge is 0.188 e. The molecule has 0 unspecified atom stereocenters. The maximum absolute atomic E-state index is 11.4. The molecular formula is C9H20IN3O2S. The summed E-state index contributed by atoms with van der Waals surface area (Å²) in [6.07, 6.45) is 3.64. The zero-order chi connectivity index (χ0) is 11.5. The highest BCUT2D eigenvalue weighted by Crippen LogP contribution is 2.43. The quantitative estimate of drug-likeness (QED) is 0.424. The third-order valence-electron chi connectivity index (χ3n) is 2.69. The Morgan fingerprint density at radius 1 is 1.50 bits per heavy atom. The molecule has 0 aliphatic heterocycles. The number of sulfone groups is 1. The first-order chi connectivity index (χ1) is 6.91. The van der Waals surface area contributed by atoms with Crippen LogP contribution in [0, 0.1) is 0 Å². The van der Waals surface area contributed by atoms with Crippen molar-refractivity contribution in [1.29, 1.82) is 0 Å². The Hall–Kier alpha value is -0.0500. The molecule has 5 nitrogen and oxygen atoms in total. The molecule has 1 fully saturated rings. The number of halogens is 1. The van der Waals surface area contributed by atoms with Gasteiger partial charge in [-0.25, -0.2) is 8.42 Å². The van der Waals surface area contributed by atoms with Crippen LogP contribution in [0.5, 0.6) is 0 Å². The van der Waals surface area contributed by atoms with Gasteiger partial charge in [0.05, 0.1) is 11.3 Å². The van der Waals surface area contributed by atoms with Crippen molar-refractivity contribution in [2.45, 2.75) is 30.9 Å². The summed E-state index contributed by atoms with van der Waals surface area (Å²) in [6, 6.07) is 0. The highest BCUT2D eigenvalue weighted by molar-refractivity contribution is 14.0. The molecule has 0 heterocycles. The predicted molar refractivity (Wildman–Crippen MR) is 77.0 cm³/mol. The summed E-state index contributed by atoms with van der Waals surface area (Å²) in [5, 5.41) is 2.92. The van der Waals surface area contributed by atoms with Gasteiger partial charge in [-0.15, -0.1) is 24.0 Å². The van der Waals surface area contributed by atoms with E-state index < -0.39 is 14.6 Å². The second-order valence-electron chi connectivity index (χ2n) is 4.08. The molecular weight excluding hydrogens is 341 g/mol. The van der Waals surface area contributed by atoms with E-state index in [0.29, 0.717) is 18.8 Å². The molecule has 16 heavy (non-hydrogen) atoms. The molecule has 0 aromatic rings. The lowest BCUT2D eigenvalue weighted by Crippen LogP contribution is -2.34. The summed E-state index contributed by atoms with van der Waals surface area (Å²) < 4.78 is 22.2. The zero-order valence-electron chi connectivity index (χ0n) is 9.69. The topological polar surface area (TPSA) is 84.5 Å². The predicted octanol–water partition coefficient (Wildman–Crippen LogP) is 0.496. The largest absolute Gasteiger partial charge is 0.370 e. The van der Waals surface area contributed by atoms with Gasteiger partial charge in [0.2, 0.25) is 0 Å². The molecule has 0 radical (unpaired) electrons. The molecule has 0 aromatic carbocycles. The molecule has 1 aliphatic carbocycles. The van der Waals surface area contributed by atoms with E-state index in [0.717, 1.165) is 13.0 Å². The van der Waals surface area contributed by atoms with Gasteiger partial charge in [0.25, 0.3) is 0 Å². The van der Waals surface area contributed by atoms with Crippen LogP contribution in [0.4, 0.5) is 0 Å². The number of rotatable bonds is 5. The van der Waals surface area contributed by atoms with Crippen molar-refractivity contribution < 1.29 is 8.42 Å². The molecule has 1 saturated carbocycles. The molecule has 0 atom stereocenters. The molecule has 3 N–H and O–H groups in total. The van der Waals surface area contributed by atoms with Crippen molar-refractivity contribution in [3.05, 3.63) is 0 Å². The van der Waals surface area contributed by atoms with Crippen molar-refractivity contribution in [3.63, 3.8) is 0 Å². The van der Waals surface area contributed by atoms with Crippen LogP contribution in [-0.2, 0) is 9.84 Å². The first kappa shape index (κ1) is 16.0. The number of aliphatic imine (C=N–C) groups is 1. The van der Waals surface area contributed by atoms with Crippen LogP contribution in [0.1, 0.15) is 26.2 Å². The lowest BCUT2D eigenvalue weighted by atomic mass is 10.4. The van der Waals surface area contributed by atoms with Crippen LogP contribution < -0.4 is 11.1 Å². The lowest BCUT2D eigenvalue weighted by molar-refractivity contribution is 0.583. The molecule has 0 amide bonds. The minimum atomic E-state index is -3.00. The van der Waals surface area contributed by atoms with E-state index in [1.807, 2.05) is 6.92 Å². The molecule has 1 rings (SSSR count). The van der Waals surface area contributed by atoms with Crippen molar-refractivity contribution in [2.24, 2.45) is 10.7 Å². The minimum Gasteiger partial charge on any atom is -0.370 e. The molecule has 7 heteroatoms. The fraction of sp³-hybridized carbons (Fsp3) is 0.889. The van der Waals surface area contributed by atoms with Crippen molar-refractivity contribution >= 4 is 39.8 Å². The Bertz CT molecular complexity index is 350. The summed E-state index contributed by atoms with van der Waals surface area (Å²) >= 11 is 0. The summed E-state index contributed by atoms with van der Waals surface area (Å²) in [4.78, 5) is 4.07. The Morgan fingerprint density at radius 3 is 2.44 bits per heavy atom. The Labute approximate surface area is 114 Å². The average Bonchev–Trinajstić information content (AvgIpc) is 2.91. The summed E-state index contributed by atoms with van der Waals surface area (Å²) in [6.45, 7) is 3.08. The first-order valence-corrected chi connectivity index (χ1v) is 7.04. The van der Waals surface area contributed by atoms with Crippen LogP contribution in [0.2, 0.25) is 0 Å². The van der Waals surface area contributed by atoms with Crippen LogP contribution in [0.25, 0.3) is 0 Å². The van der Waals surface area contributed by atoms with Gasteiger partial charge >= 0.3 is 0 Å². The van der Waals surface area contributed by atoms with Crippen LogP contribution in [0.15, 0.2) is 4.99 Å². The van der Waals surface area contributed by atoms with E-state index in [2.05, 4.69) is 10.3 Å². The first-order valence-electron chi connectivity index (χ1n) is 5.15. The molecule has 96 valence electrons. The van der Waals surface area contributed by atoms with Crippen LogP contribution in [0.3, 0.4) is 0 Å². The van der Waals surface area contributed by atoms with Crippen molar-refractivity contribution in [1.82, 2.24) is 5.32 Å². The van der Waals surface area contributed by atoms with Gasteiger partial charge in [-0.2, -0.15) is 0 Å². The normalized spacial score (nSPS) is 18.8. The summed E-state index contributed by atoms with van der Waals surface area (Å²) in [5.41, 5.74) is 5.58. The van der Waals surface area contributed by atoms with Gasteiger partial charge < -0.3 is 11.1 Å². The molecule has 1 aliphatic rings. The van der Waals surface area contributed by atoms with E-state index in [4.69, 9.17) is 5.73 Å². The summed E-state index contributed by atoms with van der Waals surface area (Å²) in [7, 11) is -3.00. The Balaban J connectivity index is 0.00000225. The SMILES string of the molecule is CCCNC(N)=NCC1(S(C)(=O)=O)CC1.I. The van der Waals surface area contributed by atoms with E-state index in [1.165, 1.54) is 6.26 Å². The number of guanidine groups is 1. The number of nitrogens with one attached hydrogen (secondary N) is 1. The fourth-order valence-corrected chi connectivity index (χ4v) is 2.47. The molecule has 0 aromatic heterocycles. The zero-order valence-corrected chi connectivity index (χ0v) is 12.8.